The first kappa shape index (κ1) is 21.0. The van der Waals surface area contributed by atoms with E-state index in [1.807, 2.05) is 0 Å². The molecule has 0 atom stereocenters. The zero-order valence-electron chi connectivity index (χ0n) is 14.8. The van der Waals surface area contributed by atoms with Crippen LogP contribution >= 0.6 is 12.4 Å². The molecule has 0 aliphatic heterocycles. The molecule has 0 aromatic heterocycles. The first-order chi connectivity index (χ1) is 12.4. The molecule has 0 heterocycles. The summed E-state index contributed by atoms with van der Waals surface area (Å²) in [6, 6.07) is 10.8. The maximum absolute atomic E-state index is 12.4. The Kier molecular flexibility index (Phi) is 6.69. The lowest BCUT2D eigenvalue weighted by Gasteiger charge is -2.10. The summed E-state index contributed by atoms with van der Waals surface area (Å²) in [6.07, 6.45) is 2.10. The van der Waals surface area contributed by atoms with E-state index in [1.165, 1.54) is 19.2 Å². The minimum atomic E-state index is -3.63. The van der Waals surface area contributed by atoms with Crippen molar-refractivity contribution < 1.29 is 17.9 Å². The smallest absolute Gasteiger partial charge is 0.255 e. The van der Waals surface area contributed by atoms with Crippen molar-refractivity contribution in [3.8, 4) is 5.75 Å². The van der Waals surface area contributed by atoms with Crippen molar-refractivity contribution in [3.05, 3.63) is 48.0 Å². The Hall–Kier alpha value is -2.29. The first-order valence-electron chi connectivity index (χ1n) is 8.23. The van der Waals surface area contributed by atoms with E-state index in [0.29, 0.717) is 29.6 Å². The highest BCUT2D eigenvalue weighted by Gasteiger charge is 2.24. The summed E-state index contributed by atoms with van der Waals surface area (Å²) in [5, 5.41) is 2.70. The number of amides is 1. The minimum Gasteiger partial charge on any atom is -0.495 e. The largest absolute Gasteiger partial charge is 0.495 e. The predicted octanol–water partition coefficient (Wildman–Crippen LogP) is 2.64. The van der Waals surface area contributed by atoms with Gasteiger partial charge < -0.3 is 15.8 Å². The Morgan fingerprint density at radius 3 is 2.59 bits per heavy atom. The molecule has 2 aromatic carbocycles. The van der Waals surface area contributed by atoms with Gasteiger partial charge in [0.05, 0.1) is 17.7 Å². The second-order valence-electron chi connectivity index (χ2n) is 6.23. The third-order valence-corrected chi connectivity index (χ3v) is 5.57. The number of methoxy groups -OCH3 is 1. The van der Waals surface area contributed by atoms with Gasteiger partial charge in [0.1, 0.15) is 5.75 Å². The van der Waals surface area contributed by atoms with Crippen LogP contribution < -0.4 is 20.5 Å². The zero-order valence-corrected chi connectivity index (χ0v) is 16.4. The second-order valence-corrected chi connectivity index (χ2v) is 8.00. The number of nitrogen functional groups attached to an aromatic ring is 1. The van der Waals surface area contributed by atoms with E-state index >= 15 is 0 Å². The van der Waals surface area contributed by atoms with Crippen LogP contribution in [0, 0.1) is 5.92 Å². The van der Waals surface area contributed by atoms with Crippen LogP contribution in [0.3, 0.4) is 0 Å². The topological polar surface area (TPSA) is 111 Å². The number of anilines is 2. The Balaban J connectivity index is 0.00000261. The van der Waals surface area contributed by atoms with Crippen molar-refractivity contribution >= 4 is 39.7 Å². The first-order valence-corrected chi connectivity index (χ1v) is 9.72. The maximum Gasteiger partial charge on any atom is 0.255 e. The summed E-state index contributed by atoms with van der Waals surface area (Å²) in [5.74, 6) is 0.517. The van der Waals surface area contributed by atoms with E-state index in [9.17, 15) is 13.2 Å². The van der Waals surface area contributed by atoms with Gasteiger partial charge in [-0.15, -0.1) is 12.4 Å². The molecule has 1 fully saturated rings. The molecular weight excluding hydrogens is 390 g/mol. The number of benzene rings is 2. The molecule has 1 amide bonds. The fourth-order valence-corrected chi connectivity index (χ4v) is 3.61. The van der Waals surface area contributed by atoms with Gasteiger partial charge in [-0.3, -0.25) is 4.79 Å². The number of nitrogens with one attached hydrogen (secondary N) is 2. The molecule has 0 saturated heterocycles. The number of sulfonamides is 1. The number of rotatable bonds is 7. The second kappa shape index (κ2) is 8.60. The highest BCUT2D eigenvalue weighted by Crippen LogP contribution is 2.28. The van der Waals surface area contributed by atoms with E-state index in [2.05, 4.69) is 10.0 Å². The van der Waals surface area contributed by atoms with Crippen molar-refractivity contribution in [3.63, 3.8) is 0 Å². The van der Waals surface area contributed by atoms with Gasteiger partial charge in [-0.1, -0.05) is 6.07 Å². The van der Waals surface area contributed by atoms with Crippen LogP contribution in [0.2, 0.25) is 0 Å². The Labute approximate surface area is 164 Å². The summed E-state index contributed by atoms with van der Waals surface area (Å²) < 4.78 is 32.3. The molecule has 4 N–H and O–H groups in total. The lowest BCUT2D eigenvalue weighted by molar-refractivity contribution is 0.102. The molecule has 0 radical (unpaired) electrons. The third kappa shape index (κ3) is 5.35. The number of hydrogen-bond donors (Lipinski definition) is 3. The maximum atomic E-state index is 12.4. The zero-order chi connectivity index (χ0) is 18.7. The van der Waals surface area contributed by atoms with E-state index < -0.39 is 15.9 Å². The molecule has 146 valence electrons. The van der Waals surface area contributed by atoms with Crippen LogP contribution in [-0.2, 0) is 10.0 Å². The van der Waals surface area contributed by atoms with E-state index in [0.717, 1.165) is 12.8 Å². The molecule has 1 aliphatic rings. The van der Waals surface area contributed by atoms with Crippen LogP contribution in [0.25, 0.3) is 0 Å². The van der Waals surface area contributed by atoms with Gasteiger partial charge in [0.15, 0.2) is 0 Å². The molecule has 0 unspecified atom stereocenters. The van der Waals surface area contributed by atoms with Gasteiger partial charge in [0.25, 0.3) is 5.91 Å². The summed E-state index contributed by atoms with van der Waals surface area (Å²) in [4.78, 5) is 12.5. The summed E-state index contributed by atoms with van der Waals surface area (Å²) in [5.41, 5.74) is 6.96. The Morgan fingerprint density at radius 1 is 1.22 bits per heavy atom. The Morgan fingerprint density at radius 2 is 1.96 bits per heavy atom. The molecule has 3 rings (SSSR count). The lowest BCUT2D eigenvalue weighted by Crippen LogP contribution is -2.26. The van der Waals surface area contributed by atoms with Gasteiger partial charge in [0, 0.05) is 17.8 Å². The molecule has 0 bridgehead atoms. The lowest BCUT2D eigenvalue weighted by atomic mass is 10.2. The van der Waals surface area contributed by atoms with E-state index in [4.69, 9.17) is 10.5 Å². The van der Waals surface area contributed by atoms with Crippen LogP contribution in [0.4, 0.5) is 11.4 Å². The average Bonchev–Trinajstić information content (AvgIpc) is 3.45. The molecular formula is C18H22ClN3O4S. The monoisotopic (exact) mass is 411 g/mol. The molecule has 2 aromatic rings. The molecule has 27 heavy (non-hydrogen) atoms. The van der Waals surface area contributed by atoms with Crippen molar-refractivity contribution in [2.45, 2.75) is 17.7 Å². The number of halogens is 1. The predicted molar refractivity (Wildman–Crippen MR) is 107 cm³/mol. The Bertz CT molecular complexity index is 930. The quantitative estimate of drug-likeness (QED) is 0.606. The van der Waals surface area contributed by atoms with Crippen molar-refractivity contribution in [1.82, 2.24) is 4.72 Å². The number of nitrogens with two attached hydrogens (primary N) is 1. The van der Waals surface area contributed by atoms with Crippen LogP contribution in [-0.4, -0.2) is 28.0 Å². The number of ether oxygens (including phenoxy) is 1. The van der Waals surface area contributed by atoms with Gasteiger partial charge in [-0.05, 0) is 55.2 Å². The molecule has 9 heteroatoms. The van der Waals surface area contributed by atoms with Gasteiger partial charge >= 0.3 is 0 Å². The normalized spacial score (nSPS) is 13.5. The van der Waals surface area contributed by atoms with Gasteiger partial charge in [0.2, 0.25) is 10.0 Å². The van der Waals surface area contributed by atoms with Crippen molar-refractivity contribution in [1.29, 1.82) is 0 Å². The molecule has 1 saturated carbocycles. The molecule has 1 aliphatic carbocycles. The highest BCUT2D eigenvalue weighted by atomic mass is 35.5. The van der Waals surface area contributed by atoms with Gasteiger partial charge in [-0.25, -0.2) is 13.1 Å². The third-order valence-electron chi connectivity index (χ3n) is 4.15. The van der Waals surface area contributed by atoms with Gasteiger partial charge in [-0.2, -0.15) is 0 Å². The van der Waals surface area contributed by atoms with Crippen LogP contribution in [0.1, 0.15) is 23.2 Å². The number of carbonyl (C=O) groups excluding carboxylic acids is 1. The minimum absolute atomic E-state index is 0. The summed E-state index contributed by atoms with van der Waals surface area (Å²) in [6.45, 7) is 0.434. The summed E-state index contributed by atoms with van der Waals surface area (Å²) >= 11 is 0. The SMILES string of the molecule is COc1ccc(NC(=O)c2cccc(S(=O)(=O)NCC3CC3)c2)cc1N.Cl. The van der Waals surface area contributed by atoms with Crippen molar-refractivity contribution in [2.24, 2.45) is 5.92 Å². The van der Waals surface area contributed by atoms with Crippen LogP contribution in [0.15, 0.2) is 47.4 Å². The highest BCUT2D eigenvalue weighted by molar-refractivity contribution is 7.89. The molecule has 0 spiro atoms. The van der Waals surface area contributed by atoms with Crippen molar-refractivity contribution in [2.75, 3.05) is 24.7 Å². The fourth-order valence-electron chi connectivity index (χ4n) is 2.45. The van der Waals surface area contributed by atoms with E-state index in [-0.39, 0.29) is 22.9 Å². The average molecular weight is 412 g/mol. The number of hydrogen-bond acceptors (Lipinski definition) is 5. The van der Waals surface area contributed by atoms with E-state index in [1.54, 1.807) is 30.3 Å². The fraction of sp³-hybridized carbons (Fsp3) is 0.278. The summed E-state index contributed by atoms with van der Waals surface area (Å²) in [7, 11) is -2.12. The van der Waals surface area contributed by atoms with Crippen LogP contribution in [0.5, 0.6) is 5.75 Å². The number of carbonyl (C=O) groups is 1. The standard InChI is InChI=1S/C18H21N3O4S.ClH/c1-25-17-8-7-14(10-16(17)19)21-18(22)13-3-2-4-15(9-13)26(23,24)20-11-12-5-6-12;/h2-4,7-10,12,20H,5-6,11,19H2,1H3,(H,21,22);1H. The molecule has 7 nitrogen and oxygen atoms in total.